The number of carbonyl (C=O) groups excluding carboxylic acids is 2. The lowest BCUT2D eigenvalue weighted by atomic mass is 10.1. The molecule has 0 unspecified atom stereocenters. The van der Waals surface area contributed by atoms with Crippen molar-refractivity contribution in [2.24, 2.45) is 0 Å². The number of imide groups is 1. The summed E-state index contributed by atoms with van der Waals surface area (Å²) < 4.78 is 10.6. The van der Waals surface area contributed by atoms with Crippen molar-refractivity contribution >= 4 is 58.0 Å². The molecule has 0 N–H and O–H groups in total. The molecule has 0 aromatic heterocycles. The predicted octanol–water partition coefficient (Wildman–Crippen LogP) is 6.67. The van der Waals surface area contributed by atoms with Gasteiger partial charge in [0, 0.05) is 22.1 Å². The van der Waals surface area contributed by atoms with E-state index in [1.165, 1.54) is 23.9 Å². The topological polar surface area (TPSA) is 99.0 Å². The maximum Gasteiger partial charge on any atom is 0.293 e. The van der Waals surface area contributed by atoms with E-state index in [-0.39, 0.29) is 23.9 Å². The monoisotopic (exact) mass is 540 g/mol. The molecule has 1 saturated heterocycles. The van der Waals surface area contributed by atoms with Gasteiger partial charge in [-0.05, 0) is 60.2 Å². The number of hydrogen-bond donors (Lipinski definition) is 0. The Bertz CT molecular complexity index is 1440. The van der Waals surface area contributed by atoms with Gasteiger partial charge in [-0.25, -0.2) is 0 Å². The van der Waals surface area contributed by atoms with Crippen LogP contribution >= 0.6 is 35.1 Å². The van der Waals surface area contributed by atoms with E-state index in [1.807, 2.05) is 31.2 Å². The van der Waals surface area contributed by atoms with Gasteiger partial charge in [-0.1, -0.05) is 47.1 Å². The highest BCUT2D eigenvalue weighted by Gasteiger charge is 2.36. The van der Waals surface area contributed by atoms with Crippen molar-refractivity contribution in [3.05, 3.63) is 91.3 Å². The van der Waals surface area contributed by atoms with E-state index in [0.717, 1.165) is 27.1 Å². The number of halogens is 1. The number of nitro groups is 1. The molecule has 0 atom stereocenters. The van der Waals surface area contributed by atoms with E-state index in [2.05, 4.69) is 0 Å². The van der Waals surface area contributed by atoms with Crippen LogP contribution in [-0.2, 0) is 11.3 Å². The lowest BCUT2D eigenvalue weighted by molar-refractivity contribution is -0.387. The van der Waals surface area contributed by atoms with E-state index in [1.54, 1.807) is 24.3 Å². The molecule has 0 spiro atoms. The predicted molar refractivity (Wildman–Crippen MR) is 137 cm³/mol. The van der Waals surface area contributed by atoms with Crippen molar-refractivity contribution in [2.45, 2.75) is 23.3 Å². The number of carbonyl (C=O) groups is 2. The summed E-state index contributed by atoms with van der Waals surface area (Å²) in [6.07, 6.45) is 1.49. The van der Waals surface area contributed by atoms with Crippen molar-refractivity contribution in [1.82, 2.24) is 4.90 Å². The van der Waals surface area contributed by atoms with Gasteiger partial charge in [0.15, 0.2) is 11.5 Å². The minimum atomic E-state index is -0.500. The van der Waals surface area contributed by atoms with Crippen LogP contribution in [0.15, 0.2) is 69.3 Å². The Morgan fingerprint density at radius 1 is 1.11 bits per heavy atom. The smallest absolute Gasteiger partial charge is 0.293 e. The van der Waals surface area contributed by atoms with Crippen LogP contribution in [0.3, 0.4) is 0 Å². The zero-order chi connectivity index (χ0) is 25.4. The molecule has 3 aromatic rings. The summed E-state index contributed by atoms with van der Waals surface area (Å²) in [5.41, 5.74) is 2.00. The first-order chi connectivity index (χ1) is 17.3. The Hall–Kier alpha value is -3.47. The van der Waals surface area contributed by atoms with Crippen molar-refractivity contribution < 1.29 is 24.0 Å². The SMILES string of the molecule is Cc1ccc(Sc2ccc(C=C3SC(=O)N(Cc4cc5c(cc4Cl)OCO5)C3=O)cc2[N+](=O)[O-])cc1. The maximum absolute atomic E-state index is 13.0. The zero-order valence-electron chi connectivity index (χ0n) is 18.7. The van der Waals surface area contributed by atoms with Crippen LogP contribution < -0.4 is 9.47 Å². The molecule has 11 heteroatoms. The third kappa shape index (κ3) is 4.92. The van der Waals surface area contributed by atoms with E-state index < -0.39 is 16.1 Å². The van der Waals surface area contributed by atoms with Crippen LogP contribution in [0.1, 0.15) is 16.7 Å². The number of ether oxygens (including phenoxy) is 2. The van der Waals surface area contributed by atoms with Crippen LogP contribution in [-0.4, -0.2) is 27.8 Å². The van der Waals surface area contributed by atoms with Gasteiger partial charge >= 0.3 is 0 Å². The second-order valence-corrected chi connectivity index (χ2v) is 10.5. The largest absolute Gasteiger partial charge is 0.454 e. The van der Waals surface area contributed by atoms with Crippen molar-refractivity contribution in [2.75, 3.05) is 6.79 Å². The summed E-state index contributed by atoms with van der Waals surface area (Å²) >= 11 is 8.36. The van der Waals surface area contributed by atoms with Gasteiger partial charge in [0.25, 0.3) is 16.8 Å². The molecule has 8 nitrogen and oxygen atoms in total. The first kappa shape index (κ1) is 24.2. The third-order valence-corrected chi connectivity index (χ3v) is 7.80. The fourth-order valence-electron chi connectivity index (χ4n) is 3.62. The standard InChI is InChI=1S/C25H17ClN2O6S2/c1-14-2-5-17(6-3-14)35-22-7-4-15(8-19(22)28(31)32)9-23-24(29)27(25(30)36-23)12-16-10-20-21(11-18(16)26)34-13-33-20/h2-11H,12-13H2,1H3. The van der Waals surface area contributed by atoms with Crippen LogP contribution in [0.5, 0.6) is 11.5 Å². The van der Waals surface area contributed by atoms with Gasteiger partial charge in [0.2, 0.25) is 6.79 Å². The van der Waals surface area contributed by atoms with Gasteiger partial charge < -0.3 is 9.47 Å². The Kier molecular flexibility index (Phi) is 6.65. The third-order valence-electron chi connectivity index (χ3n) is 5.47. The van der Waals surface area contributed by atoms with Gasteiger partial charge in [-0.3, -0.25) is 24.6 Å². The molecule has 2 amide bonds. The molecule has 2 aliphatic rings. The van der Waals surface area contributed by atoms with E-state index >= 15 is 0 Å². The van der Waals surface area contributed by atoms with E-state index in [4.69, 9.17) is 21.1 Å². The van der Waals surface area contributed by atoms with Crippen molar-refractivity contribution in [1.29, 1.82) is 0 Å². The summed E-state index contributed by atoms with van der Waals surface area (Å²) in [4.78, 5) is 39.5. The Labute approximate surface area is 219 Å². The molecule has 5 rings (SSSR count). The fraction of sp³-hybridized carbons (Fsp3) is 0.120. The molecule has 0 bridgehead atoms. The highest BCUT2D eigenvalue weighted by Crippen LogP contribution is 2.40. The number of nitro benzene ring substituents is 1. The van der Waals surface area contributed by atoms with Crippen LogP contribution in [0.25, 0.3) is 6.08 Å². The Morgan fingerprint density at radius 2 is 1.83 bits per heavy atom. The van der Waals surface area contributed by atoms with Crippen molar-refractivity contribution in [3.63, 3.8) is 0 Å². The lowest BCUT2D eigenvalue weighted by Gasteiger charge is -2.14. The number of amides is 2. The Morgan fingerprint density at radius 3 is 2.56 bits per heavy atom. The second kappa shape index (κ2) is 9.88. The first-order valence-corrected chi connectivity index (χ1v) is 12.7. The molecular weight excluding hydrogens is 524 g/mol. The molecule has 36 heavy (non-hydrogen) atoms. The summed E-state index contributed by atoms with van der Waals surface area (Å²) in [5.74, 6) is 0.496. The highest BCUT2D eigenvalue weighted by molar-refractivity contribution is 8.18. The molecule has 0 aliphatic carbocycles. The number of hydrogen-bond acceptors (Lipinski definition) is 8. The average molecular weight is 541 g/mol. The lowest BCUT2D eigenvalue weighted by Crippen LogP contribution is -2.27. The molecule has 2 heterocycles. The summed E-state index contributed by atoms with van der Waals surface area (Å²) in [6, 6.07) is 15.6. The Balaban J connectivity index is 1.37. The van der Waals surface area contributed by atoms with Crippen LogP contribution in [0.2, 0.25) is 5.02 Å². The summed E-state index contributed by atoms with van der Waals surface area (Å²) in [7, 11) is 0. The number of fused-ring (bicyclic) bond motifs is 1. The van der Waals surface area contributed by atoms with Crippen LogP contribution in [0.4, 0.5) is 10.5 Å². The molecular formula is C25H17ClN2O6S2. The maximum atomic E-state index is 13.0. The molecule has 2 aliphatic heterocycles. The number of benzene rings is 3. The van der Waals surface area contributed by atoms with Gasteiger partial charge in [0.1, 0.15) is 0 Å². The van der Waals surface area contributed by atoms with E-state index in [0.29, 0.717) is 32.5 Å². The molecule has 1 fully saturated rings. The fourth-order valence-corrected chi connectivity index (χ4v) is 5.58. The average Bonchev–Trinajstić information content (AvgIpc) is 3.40. The molecule has 182 valence electrons. The second-order valence-electron chi connectivity index (χ2n) is 7.96. The molecule has 0 radical (unpaired) electrons. The number of rotatable bonds is 6. The zero-order valence-corrected chi connectivity index (χ0v) is 21.1. The minimum Gasteiger partial charge on any atom is -0.454 e. The van der Waals surface area contributed by atoms with Crippen LogP contribution in [0, 0.1) is 17.0 Å². The molecule has 3 aromatic carbocycles. The van der Waals surface area contributed by atoms with Gasteiger partial charge in [0.05, 0.1) is 21.3 Å². The highest BCUT2D eigenvalue weighted by atomic mass is 35.5. The number of aryl methyl sites for hydroxylation is 1. The minimum absolute atomic E-state index is 0.0379. The van der Waals surface area contributed by atoms with Crippen molar-refractivity contribution in [3.8, 4) is 11.5 Å². The number of thioether (sulfide) groups is 1. The normalized spacial score (nSPS) is 15.7. The van der Waals surface area contributed by atoms with E-state index in [9.17, 15) is 19.7 Å². The number of nitrogens with zero attached hydrogens (tertiary/aromatic N) is 2. The first-order valence-electron chi connectivity index (χ1n) is 10.6. The quantitative estimate of drug-likeness (QED) is 0.194. The molecule has 0 saturated carbocycles. The van der Waals surface area contributed by atoms with Gasteiger partial charge in [-0.2, -0.15) is 0 Å². The summed E-state index contributed by atoms with van der Waals surface area (Å²) in [6.45, 7) is 2.01. The summed E-state index contributed by atoms with van der Waals surface area (Å²) in [5, 5.41) is 11.6. The van der Waals surface area contributed by atoms with Gasteiger partial charge in [-0.15, -0.1) is 0 Å².